The van der Waals surface area contributed by atoms with Gasteiger partial charge in [-0.05, 0) is 30.9 Å². The molecule has 0 saturated heterocycles. The van der Waals surface area contributed by atoms with Crippen molar-refractivity contribution in [2.24, 2.45) is 12.8 Å². The molecule has 2 aromatic rings. The fraction of sp³-hybridized carbons (Fsp3) is 0.357. The number of hydrogen-bond acceptors (Lipinski definition) is 2. The number of hydrogen-bond donors (Lipinski definition) is 1. The third-order valence-corrected chi connectivity index (χ3v) is 2.87. The van der Waals surface area contributed by atoms with Crippen LogP contribution in [0.25, 0.3) is 0 Å². The molecule has 1 aromatic carbocycles. The molecule has 3 nitrogen and oxygen atoms in total. The average molecular weight is 229 g/mol. The van der Waals surface area contributed by atoms with Crippen LogP contribution in [-0.2, 0) is 19.9 Å². The van der Waals surface area contributed by atoms with Crippen molar-refractivity contribution >= 4 is 0 Å². The molecule has 2 N–H and O–H groups in total. The predicted molar refractivity (Wildman–Crippen MR) is 69.8 cm³/mol. The SMILES string of the molecule is Cc1ccc(CC(N)Cc2cnn(C)c2)cc1. The van der Waals surface area contributed by atoms with Crippen LogP contribution in [0, 0.1) is 6.92 Å². The maximum Gasteiger partial charge on any atom is 0.0522 e. The second-order valence-corrected chi connectivity index (χ2v) is 4.68. The predicted octanol–water partition coefficient (Wildman–Crippen LogP) is 1.84. The summed E-state index contributed by atoms with van der Waals surface area (Å²) >= 11 is 0. The van der Waals surface area contributed by atoms with Crippen molar-refractivity contribution in [1.29, 1.82) is 0 Å². The van der Waals surface area contributed by atoms with E-state index in [1.54, 1.807) is 0 Å². The summed E-state index contributed by atoms with van der Waals surface area (Å²) < 4.78 is 1.81. The number of benzene rings is 1. The zero-order valence-electron chi connectivity index (χ0n) is 10.4. The van der Waals surface area contributed by atoms with Gasteiger partial charge in [-0.1, -0.05) is 29.8 Å². The molecule has 0 saturated carbocycles. The summed E-state index contributed by atoms with van der Waals surface area (Å²) in [5.74, 6) is 0. The fourth-order valence-electron chi connectivity index (χ4n) is 1.98. The number of aromatic nitrogens is 2. The van der Waals surface area contributed by atoms with E-state index < -0.39 is 0 Å². The highest BCUT2D eigenvalue weighted by Crippen LogP contribution is 2.08. The molecule has 1 aromatic heterocycles. The van der Waals surface area contributed by atoms with E-state index in [4.69, 9.17) is 5.73 Å². The Hall–Kier alpha value is -1.61. The first kappa shape index (κ1) is 11.9. The number of aryl methyl sites for hydroxylation is 2. The van der Waals surface area contributed by atoms with Gasteiger partial charge in [-0.2, -0.15) is 5.10 Å². The molecule has 3 heteroatoms. The minimum Gasteiger partial charge on any atom is -0.327 e. The van der Waals surface area contributed by atoms with Gasteiger partial charge in [-0.25, -0.2) is 0 Å². The molecule has 1 atom stereocenters. The van der Waals surface area contributed by atoms with Crippen molar-refractivity contribution in [2.75, 3.05) is 0 Å². The Kier molecular flexibility index (Phi) is 3.59. The van der Waals surface area contributed by atoms with Crippen LogP contribution in [0.2, 0.25) is 0 Å². The molecule has 90 valence electrons. The maximum atomic E-state index is 6.15. The topological polar surface area (TPSA) is 43.8 Å². The summed E-state index contributed by atoms with van der Waals surface area (Å²) in [5, 5.41) is 4.15. The summed E-state index contributed by atoms with van der Waals surface area (Å²) in [6.45, 7) is 2.10. The molecular formula is C14H19N3. The van der Waals surface area contributed by atoms with Gasteiger partial charge >= 0.3 is 0 Å². The highest BCUT2D eigenvalue weighted by atomic mass is 15.2. The molecule has 0 aliphatic heterocycles. The Morgan fingerprint density at radius 2 is 1.82 bits per heavy atom. The zero-order valence-corrected chi connectivity index (χ0v) is 10.4. The standard InChI is InChI=1S/C14H19N3/c1-11-3-5-12(6-4-11)7-14(15)8-13-9-16-17(2)10-13/h3-6,9-10,14H,7-8,15H2,1-2H3. The summed E-state index contributed by atoms with van der Waals surface area (Å²) in [6, 6.07) is 8.72. The average Bonchev–Trinajstić information content (AvgIpc) is 2.67. The van der Waals surface area contributed by atoms with Crippen molar-refractivity contribution in [3.63, 3.8) is 0 Å². The van der Waals surface area contributed by atoms with Crippen LogP contribution in [0.4, 0.5) is 0 Å². The van der Waals surface area contributed by atoms with E-state index in [1.165, 1.54) is 16.7 Å². The van der Waals surface area contributed by atoms with Crippen LogP contribution in [0.3, 0.4) is 0 Å². The highest BCUT2D eigenvalue weighted by molar-refractivity contribution is 5.22. The van der Waals surface area contributed by atoms with Crippen LogP contribution >= 0.6 is 0 Å². The lowest BCUT2D eigenvalue weighted by Gasteiger charge is -2.10. The Morgan fingerprint density at radius 1 is 1.18 bits per heavy atom. The van der Waals surface area contributed by atoms with E-state index in [0.29, 0.717) is 0 Å². The quantitative estimate of drug-likeness (QED) is 0.869. The van der Waals surface area contributed by atoms with E-state index in [1.807, 2.05) is 24.1 Å². The third-order valence-electron chi connectivity index (χ3n) is 2.87. The van der Waals surface area contributed by atoms with Crippen molar-refractivity contribution in [1.82, 2.24) is 9.78 Å². The molecule has 0 radical (unpaired) electrons. The van der Waals surface area contributed by atoms with E-state index in [9.17, 15) is 0 Å². The lowest BCUT2D eigenvalue weighted by Crippen LogP contribution is -2.25. The minimum absolute atomic E-state index is 0.155. The first-order chi connectivity index (χ1) is 8.13. The van der Waals surface area contributed by atoms with Crippen molar-refractivity contribution in [2.45, 2.75) is 25.8 Å². The number of rotatable bonds is 4. The lowest BCUT2D eigenvalue weighted by atomic mass is 10.0. The summed E-state index contributed by atoms with van der Waals surface area (Å²) in [4.78, 5) is 0. The number of nitrogens with zero attached hydrogens (tertiary/aromatic N) is 2. The fourth-order valence-corrected chi connectivity index (χ4v) is 1.98. The van der Waals surface area contributed by atoms with Crippen LogP contribution in [0.1, 0.15) is 16.7 Å². The van der Waals surface area contributed by atoms with Crippen LogP contribution in [-0.4, -0.2) is 15.8 Å². The van der Waals surface area contributed by atoms with Gasteiger partial charge in [0.05, 0.1) is 6.20 Å². The Morgan fingerprint density at radius 3 is 2.41 bits per heavy atom. The van der Waals surface area contributed by atoms with Gasteiger partial charge in [0.25, 0.3) is 0 Å². The minimum atomic E-state index is 0.155. The van der Waals surface area contributed by atoms with E-state index >= 15 is 0 Å². The molecule has 0 fully saturated rings. The van der Waals surface area contributed by atoms with Gasteiger partial charge in [-0.15, -0.1) is 0 Å². The lowest BCUT2D eigenvalue weighted by molar-refractivity contribution is 0.664. The van der Waals surface area contributed by atoms with E-state index in [0.717, 1.165) is 12.8 Å². The molecule has 0 spiro atoms. The van der Waals surface area contributed by atoms with Gasteiger partial charge in [0.2, 0.25) is 0 Å². The molecule has 17 heavy (non-hydrogen) atoms. The van der Waals surface area contributed by atoms with Crippen molar-refractivity contribution < 1.29 is 0 Å². The molecule has 0 bridgehead atoms. The van der Waals surface area contributed by atoms with Crippen molar-refractivity contribution in [3.05, 3.63) is 53.3 Å². The smallest absolute Gasteiger partial charge is 0.0522 e. The van der Waals surface area contributed by atoms with E-state index in [-0.39, 0.29) is 6.04 Å². The second-order valence-electron chi connectivity index (χ2n) is 4.68. The van der Waals surface area contributed by atoms with E-state index in [2.05, 4.69) is 36.3 Å². The van der Waals surface area contributed by atoms with Gasteiger partial charge < -0.3 is 5.73 Å². The monoisotopic (exact) mass is 229 g/mol. The summed E-state index contributed by atoms with van der Waals surface area (Å²) in [5.41, 5.74) is 9.93. The molecule has 0 aliphatic rings. The Balaban J connectivity index is 1.93. The van der Waals surface area contributed by atoms with Gasteiger partial charge in [0.15, 0.2) is 0 Å². The third kappa shape index (κ3) is 3.43. The largest absolute Gasteiger partial charge is 0.327 e. The van der Waals surface area contributed by atoms with Crippen LogP contribution in [0.5, 0.6) is 0 Å². The molecule has 1 heterocycles. The Bertz CT molecular complexity index is 470. The summed E-state index contributed by atoms with van der Waals surface area (Å²) in [6.07, 6.45) is 5.70. The molecular weight excluding hydrogens is 210 g/mol. The highest BCUT2D eigenvalue weighted by Gasteiger charge is 2.06. The number of nitrogens with two attached hydrogens (primary N) is 1. The van der Waals surface area contributed by atoms with Crippen LogP contribution < -0.4 is 5.73 Å². The van der Waals surface area contributed by atoms with Gasteiger partial charge in [0, 0.05) is 19.3 Å². The second kappa shape index (κ2) is 5.15. The summed E-state index contributed by atoms with van der Waals surface area (Å²) in [7, 11) is 1.93. The van der Waals surface area contributed by atoms with Gasteiger partial charge in [0.1, 0.15) is 0 Å². The molecule has 0 aliphatic carbocycles. The molecule has 2 rings (SSSR count). The Labute approximate surface area is 102 Å². The molecule has 0 amide bonds. The normalized spacial score (nSPS) is 12.6. The molecule has 1 unspecified atom stereocenters. The van der Waals surface area contributed by atoms with Crippen LogP contribution in [0.15, 0.2) is 36.7 Å². The van der Waals surface area contributed by atoms with Gasteiger partial charge in [-0.3, -0.25) is 4.68 Å². The zero-order chi connectivity index (χ0) is 12.3. The first-order valence-corrected chi connectivity index (χ1v) is 5.92. The maximum absolute atomic E-state index is 6.15. The van der Waals surface area contributed by atoms with Crippen molar-refractivity contribution in [3.8, 4) is 0 Å². The first-order valence-electron chi connectivity index (χ1n) is 5.92.